The molecule has 2 heterocycles. The maximum Gasteiger partial charge on any atom is 0.301 e. The van der Waals surface area contributed by atoms with Crippen molar-refractivity contribution in [3.05, 3.63) is 101 Å². The summed E-state index contributed by atoms with van der Waals surface area (Å²) in [4.78, 5) is 28.5. The number of benzene rings is 3. The molecule has 1 amide bonds. The fourth-order valence-electron chi connectivity index (χ4n) is 4.56. The third kappa shape index (κ3) is 6.50. The van der Waals surface area contributed by atoms with Crippen LogP contribution in [-0.2, 0) is 15.3 Å². The van der Waals surface area contributed by atoms with Crippen LogP contribution in [0.25, 0.3) is 5.76 Å². The van der Waals surface area contributed by atoms with Gasteiger partial charge in [-0.15, -0.1) is 10.2 Å². The molecule has 10 heteroatoms. The van der Waals surface area contributed by atoms with Gasteiger partial charge in [-0.3, -0.25) is 14.5 Å². The Labute approximate surface area is 253 Å². The van der Waals surface area contributed by atoms with Gasteiger partial charge in [0.2, 0.25) is 5.13 Å². The van der Waals surface area contributed by atoms with Crippen LogP contribution >= 0.6 is 23.1 Å². The van der Waals surface area contributed by atoms with Crippen LogP contribution in [0.15, 0.2) is 88.8 Å². The van der Waals surface area contributed by atoms with Gasteiger partial charge in [-0.2, -0.15) is 0 Å². The summed E-state index contributed by atoms with van der Waals surface area (Å²) in [5.41, 5.74) is 2.12. The van der Waals surface area contributed by atoms with Gasteiger partial charge >= 0.3 is 5.91 Å². The van der Waals surface area contributed by atoms with Crippen molar-refractivity contribution in [1.82, 2.24) is 10.2 Å². The third-order valence-electron chi connectivity index (χ3n) is 6.63. The first-order chi connectivity index (χ1) is 20.5. The summed E-state index contributed by atoms with van der Waals surface area (Å²) in [5, 5.41) is 20.3. The highest BCUT2D eigenvalue weighted by Crippen LogP contribution is 2.44. The molecule has 4 aromatic rings. The van der Waals surface area contributed by atoms with E-state index in [-0.39, 0.29) is 16.5 Å². The second-order valence-electron chi connectivity index (χ2n) is 9.53. The summed E-state index contributed by atoms with van der Waals surface area (Å²) < 4.78 is 12.1. The van der Waals surface area contributed by atoms with Gasteiger partial charge < -0.3 is 14.6 Å². The standard InChI is InChI=1S/C32H31N3O5S2/c1-3-5-18-40-25-13-9-12-23(19-25)27-26(28(36)22-14-16-24(17-15-22)39-4-2)29(37)30(38)35(27)31-33-34-32(42-31)41-20-21-10-7-6-8-11-21/h6-17,19,27,36H,3-5,18,20H2,1-2H3/b28-26+. The number of aliphatic hydroxyl groups is 1. The minimum atomic E-state index is -0.925. The number of ketones is 1. The summed E-state index contributed by atoms with van der Waals surface area (Å²) >= 11 is 2.74. The van der Waals surface area contributed by atoms with Crippen molar-refractivity contribution in [3.8, 4) is 11.5 Å². The molecule has 42 heavy (non-hydrogen) atoms. The quantitative estimate of drug-likeness (QED) is 0.0461. The van der Waals surface area contributed by atoms with Crippen LogP contribution in [0.1, 0.15) is 49.4 Å². The number of hydrogen-bond donors (Lipinski definition) is 1. The second kappa shape index (κ2) is 13.7. The molecule has 1 unspecified atom stereocenters. The lowest BCUT2D eigenvalue weighted by atomic mass is 9.95. The van der Waals surface area contributed by atoms with Crippen molar-refractivity contribution in [1.29, 1.82) is 0 Å². The highest BCUT2D eigenvalue weighted by Gasteiger charge is 2.48. The van der Waals surface area contributed by atoms with Crippen LogP contribution in [0.2, 0.25) is 0 Å². The molecule has 8 nitrogen and oxygen atoms in total. The Morgan fingerprint density at radius 2 is 1.74 bits per heavy atom. The van der Waals surface area contributed by atoms with Gasteiger partial charge in [0.15, 0.2) is 4.34 Å². The smallest absolute Gasteiger partial charge is 0.301 e. The Bertz CT molecular complexity index is 1570. The van der Waals surface area contributed by atoms with Crippen LogP contribution < -0.4 is 14.4 Å². The first kappa shape index (κ1) is 29.3. The number of aliphatic hydroxyl groups excluding tert-OH is 1. The molecular formula is C32H31N3O5S2. The molecule has 1 aromatic heterocycles. The Kier molecular flexibility index (Phi) is 9.55. The van der Waals surface area contributed by atoms with Crippen LogP contribution in [0, 0.1) is 0 Å². The van der Waals surface area contributed by atoms with E-state index in [1.807, 2.05) is 55.5 Å². The number of unbranched alkanes of at least 4 members (excludes halogenated alkanes) is 1. The molecule has 0 saturated carbocycles. The topological polar surface area (TPSA) is 102 Å². The number of rotatable bonds is 12. The Balaban J connectivity index is 1.53. The molecule has 1 fully saturated rings. The molecule has 5 rings (SSSR count). The predicted octanol–water partition coefficient (Wildman–Crippen LogP) is 7.03. The van der Waals surface area contributed by atoms with E-state index in [9.17, 15) is 14.7 Å². The summed E-state index contributed by atoms with van der Waals surface area (Å²) in [6.07, 6.45) is 1.89. The van der Waals surface area contributed by atoms with Gasteiger partial charge in [-0.05, 0) is 60.9 Å². The van der Waals surface area contributed by atoms with Crippen LogP contribution in [0.4, 0.5) is 5.13 Å². The van der Waals surface area contributed by atoms with Crippen molar-refractivity contribution in [2.75, 3.05) is 18.1 Å². The molecule has 0 spiro atoms. The van der Waals surface area contributed by atoms with Crippen molar-refractivity contribution in [3.63, 3.8) is 0 Å². The first-order valence-electron chi connectivity index (χ1n) is 13.8. The number of carbonyl (C=O) groups excluding carboxylic acids is 2. The summed E-state index contributed by atoms with van der Waals surface area (Å²) in [6, 6.07) is 23.1. The molecule has 1 aliphatic heterocycles. The van der Waals surface area contributed by atoms with E-state index in [0.717, 1.165) is 18.4 Å². The third-order valence-corrected chi connectivity index (χ3v) is 8.76. The lowest BCUT2D eigenvalue weighted by Gasteiger charge is -2.23. The van der Waals surface area contributed by atoms with Crippen molar-refractivity contribution in [2.45, 2.75) is 42.8 Å². The molecule has 0 aliphatic carbocycles. The lowest BCUT2D eigenvalue weighted by molar-refractivity contribution is -0.132. The molecule has 1 atom stereocenters. The van der Waals surface area contributed by atoms with Crippen LogP contribution in [0.5, 0.6) is 11.5 Å². The molecule has 0 bridgehead atoms. The van der Waals surface area contributed by atoms with E-state index in [1.54, 1.807) is 30.3 Å². The van der Waals surface area contributed by atoms with Crippen LogP contribution in [-0.4, -0.2) is 40.2 Å². The van der Waals surface area contributed by atoms with Gasteiger partial charge in [0.1, 0.15) is 17.3 Å². The number of aromatic nitrogens is 2. The highest BCUT2D eigenvalue weighted by atomic mass is 32.2. The zero-order valence-electron chi connectivity index (χ0n) is 23.4. The monoisotopic (exact) mass is 601 g/mol. The van der Waals surface area contributed by atoms with Crippen molar-refractivity contribution >= 4 is 45.7 Å². The zero-order chi connectivity index (χ0) is 29.5. The average Bonchev–Trinajstić information content (AvgIpc) is 3.59. The largest absolute Gasteiger partial charge is 0.507 e. The Hall–Kier alpha value is -4.15. The molecule has 216 valence electrons. The van der Waals surface area contributed by atoms with E-state index in [4.69, 9.17) is 9.47 Å². The lowest BCUT2D eigenvalue weighted by Crippen LogP contribution is -2.29. The number of amides is 1. The van der Waals surface area contributed by atoms with Gasteiger partial charge in [0, 0.05) is 11.3 Å². The minimum absolute atomic E-state index is 0.0245. The van der Waals surface area contributed by atoms with E-state index >= 15 is 0 Å². The van der Waals surface area contributed by atoms with Crippen molar-refractivity contribution < 1.29 is 24.2 Å². The zero-order valence-corrected chi connectivity index (χ0v) is 25.0. The van der Waals surface area contributed by atoms with E-state index in [1.165, 1.54) is 28.0 Å². The minimum Gasteiger partial charge on any atom is -0.507 e. The highest BCUT2D eigenvalue weighted by molar-refractivity contribution is 8.00. The maximum atomic E-state index is 13.6. The average molecular weight is 602 g/mol. The number of hydrogen-bond acceptors (Lipinski definition) is 9. The Morgan fingerprint density at radius 3 is 2.48 bits per heavy atom. The maximum absolute atomic E-state index is 13.6. The molecule has 1 aliphatic rings. The summed E-state index contributed by atoms with van der Waals surface area (Å²) in [7, 11) is 0. The van der Waals surface area contributed by atoms with E-state index in [2.05, 4.69) is 17.1 Å². The predicted molar refractivity (Wildman–Crippen MR) is 165 cm³/mol. The molecular weight excluding hydrogens is 571 g/mol. The first-order valence-corrected chi connectivity index (χ1v) is 15.6. The van der Waals surface area contributed by atoms with Crippen molar-refractivity contribution in [2.24, 2.45) is 0 Å². The molecule has 3 aromatic carbocycles. The van der Waals surface area contributed by atoms with Gasteiger partial charge in [0.05, 0.1) is 24.8 Å². The number of Topliss-reactive ketones (excluding diaryl/α,β-unsaturated/α-hetero) is 1. The SMILES string of the molecule is CCCCOc1cccc(C2/C(=C(\O)c3ccc(OCC)cc3)C(=O)C(=O)N2c2nnc(SCc3ccccc3)s2)c1. The number of anilines is 1. The molecule has 1 saturated heterocycles. The van der Waals surface area contributed by atoms with Gasteiger partial charge in [-0.1, -0.05) is 78.9 Å². The number of carbonyl (C=O) groups is 2. The normalized spacial score (nSPS) is 16.1. The number of nitrogens with zero attached hydrogens (tertiary/aromatic N) is 3. The second-order valence-corrected chi connectivity index (χ2v) is 11.7. The van der Waals surface area contributed by atoms with Crippen LogP contribution in [0.3, 0.4) is 0 Å². The molecule has 1 N–H and O–H groups in total. The van der Waals surface area contributed by atoms with E-state index in [0.29, 0.717) is 45.9 Å². The van der Waals surface area contributed by atoms with Gasteiger partial charge in [-0.25, -0.2) is 0 Å². The fourth-order valence-corrected chi connectivity index (χ4v) is 6.39. The summed E-state index contributed by atoms with van der Waals surface area (Å²) in [5.74, 6) is 0.0933. The Morgan fingerprint density at radius 1 is 0.952 bits per heavy atom. The summed E-state index contributed by atoms with van der Waals surface area (Å²) in [6.45, 7) is 5.02. The van der Waals surface area contributed by atoms with Gasteiger partial charge in [0.25, 0.3) is 5.78 Å². The fraction of sp³-hybridized carbons (Fsp3) is 0.250. The molecule has 0 radical (unpaired) electrons. The number of ether oxygens (including phenoxy) is 2. The van der Waals surface area contributed by atoms with E-state index < -0.39 is 17.7 Å². The number of thioether (sulfide) groups is 1.